The lowest BCUT2D eigenvalue weighted by atomic mass is 10.2. The van der Waals surface area contributed by atoms with Gasteiger partial charge in [-0.15, -0.1) is 0 Å². The molecular formula is C16H11FN4O4. The van der Waals surface area contributed by atoms with Gasteiger partial charge in [-0.3, -0.25) is 19.7 Å². The Labute approximate surface area is 139 Å². The summed E-state index contributed by atoms with van der Waals surface area (Å²) in [6, 6.07) is 9.80. The Kier molecular flexibility index (Phi) is 4.21. The molecule has 1 N–H and O–H groups in total. The van der Waals surface area contributed by atoms with E-state index in [9.17, 15) is 24.1 Å². The monoisotopic (exact) mass is 342 g/mol. The molecule has 1 amide bonds. The van der Waals surface area contributed by atoms with Crippen LogP contribution in [0.1, 0.15) is 0 Å². The number of aromatic nitrogens is 2. The van der Waals surface area contributed by atoms with Crippen molar-refractivity contribution in [3.63, 3.8) is 0 Å². The predicted molar refractivity (Wildman–Crippen MR) is 87.7 cm³/mol. The molecule has 0 saturated heterocycles. The van der Waals surface area contributed by atoms with E-state index in [2.05, 4.69) is 10.4 Å². The highest BCUT2D eigenvalue weighted by atomic mass is 19.1. The number of hydrogen-bond donors (Lipinski definition) is 1. The molecule has 0 atom stereocenters. The predicted octanol–water partition coefficient (Wildman–Crippen LogP) is 2.08. The van der Waals surface area contributed by atoms with Gasteiger partial charge in [0.2, 0.25) is 11.7 Å². The van der Waals surface area contributed by atoms with Crippen LogP contribution in [0, 0.1) is 15.9 Å². The van der Waals surface area contributed by atoms with E-state index in [1.165, 1.54) is 12.3 Å². The van der Waals surface area contributed by atoms with E-state index in [1.54, 1.807) is 24.3 Å². The maximum absolute atomic E-state index is 13.3. The molecule has 0 spiro atoms. The fraction of sp³-hybridized carbons (Fsp3) is 0.0625. The van der Waals surface area contributed by atoms with Crippen molar-refractivity contribution in [1.82, 2.24) is 9.78 Å². The van der Waals surface area contributed by atoms with Crippen LogP contribution in [0.4, 0.5) is 15.8 Å². The topological polar surface area (TPSA) is 107 Å². The molecule has 0 aliphatic rings. The zero-order chi connectivity index (χ0) is 18.0. The van der Waals surface area contributed by atoms with E-state index in [4.69, 9.17) is 0 Å². The largest absolute Gasteiger partial charge is 0.324 e. The Morgan fingerprint density at radius 2 is 2.04 bits per heavy atom. The lowest BCUT2D eigenvalue weighted by Gasteiger charge is -2.07. The second-order valence-corrected chi connectivity index (χ2v) is 5.17. The molecule has 0 radical (unpaired) electrons. The van der Waals surface area contributed by atoms with Crippen molar-refractivity contribution < 1.29 is 14.1 Å². The van der Waals surface area contributed by atoms with Gasteiger partial charge in [-0.25, -0.2) is 4.68 Å². The molecule has 1 aromatic heterocycles. The second-order valence-electron chi connectivity index (χ2n) is 5.17. The summed E-state index contributed by atoms with van der Waals surface area (Å²) in [6.45, 7) is -0.380. The van der Waals surface area contributed by atoms with Gasteiger partial charge in [-0.1, -0.05) is 18.2 Å². The first-order chi connectivity index (χ1) is 12.0. The second kappa shape index (κ2) is 6.48. The third kappa shape index (κ3) is 3.34. The molecule has 2 aromatic carbocycles. The number of rotatable bonds is 4. The van der Waals surface area contributed by atoms with Crippen molar-refractivity contribution in [2.45, 2.75) is 6.54 Å². The van der Waals surface area contributed by atoms with Crippen LogP contribution in [0.25, 0.3) is 10.8 Å². The normalized spacial score (nSPS) is 10.6. The fourth-order valence-electron chi connectivity index (χ4n) is 2.31. The van der Waals surface area contributed by atoms with E-state index in [0.29, 0.717) is 10.8 Å². The highest BCUT2D eigenvalue weighted by molar-refractivity contribution is 5.91. The Balaban J connectivity index is 1.82. The van der Waals surface area contributed by atoms with Gasteiger partial charge >= 0.3 is 5.69 Å². The minimum absolute atomic E-state index is 0.0481. The molecule has 9 heteroatoms. The molecule has 0 saturated carbocycles. The Morgan fingerprint density at radius 1 is 1.28 bits per heavy atom. The lowest BCUT2D eigenvalue weighted by molar-refractivity contribution is -0.387. The number of nitro benzene ring substituents is 1. The first-order valence-corrected chi connectivity index (χ1v) is 7.14. The van der Waals surface area contributed by atoms with Gasteiger partial charge in [0.15, 0.2) is 0 Å². The van der Waals surface area contributed by atoms with Crippen LogP contribution in [0.5, 0.6) is 0 Å². The number of nitro groups is 1. The maximum Gasteiger partial charge on any atom is 0.306 e. The number of carbonyl (C=O) groups is 1. The van der Waals surface area contributed by atoms with Gasteiger partial charge in [-0.05, 0) is 18.2 Å². The zero-order valence-electron chi connectivity index (χ0n) is 12.7. The number of benzene rings is 2. The summed E-state index contributed by atoms with van der Waals surface area (Å²) in [5.41, 5.74) is -1.14. The van der Waals surface area contributed by atoms with Crippen molar-refractivity contribution >= 4 is 28.1 Å². The van der Waals surface area contributed by atoms with Crippen molar-refractivity contribution in [2.24, 2.45) is 0 Å². The maximum atomic E-state index is 13.3. The minimum atomic E-state index is -1.00. The summed E-state index contributed by atoms with van der Waals surface area (Å²) in [6.07, 6.45) is 1.47. The molecule has 0 bridgehead atoms. The third-order valence-corrected chi connectivity index (χ3v) is 3.48. The van der Waals surface area contributed by atoms with Crippen LogP contribution >= 0.6 is 0 Å². The number of fused-ring (bicyclic) bond motifs is 1. The SMILES string of the molecule is O=C(Cn1ncc2ccccc2c1=O)Nc1ccc(F)c([N+](=O)[O-])c1. The van der Waals surface area contributed by atoms with Crippen molar-refractivity contribution in [3.8, 4) is 0 Å². The summed E-state index contributed by atoms with van der Waals surface area (Å²) in [7, 11) is 0. The third-order valence-electron chi connectivity index (χ3n) is 3.48. The number of nitrogens with one attached hydrogen (secondary N) is 1. The van der Waals surface area contributed by atoms with Crippen LogP contribution < -0.4 is 10.9 Å². The molecule has 3 aromatic rings. The van der Waals surface area contributed by atoms with Crippen molar-refractivity contribution in [3.05, 3.63) is 74.9 Å². The highest BCUT2D eigenvalue weighted by Gasteiger charge is 2.16. The van der Waals surface area contributed by atoms with Crippen LogP contribution in [-0.4, -0.2) is 20.6 Å². The van der Waals surface area contributed by atoms with Gasteiger partial charge in [0.1, 0.15) is 6.54 Å². The van der Waals surface area contributed by atoms with Crippen LogP contribution in [-0.2, 0) is 11.3 Å². The van der Waals surface area contributed by atoms with Gasteiger partial charge in [0.25, 0.3) is 5.56 Å². The molecule has 0 unspecified atom stereocenters. The lowest BCUT2D eigenvalue weighted by Crippen LogP contribution is -2.29. The van der Waals surface area contributed by atoms with E-state index >= 15 is 0 Å². The van der Waals surface area contributed by atoms with Gasteiger partial charge in [0, 0.05) is 17.1 Å². The van der Waals surface area contributed by atoms with Gasteiger partial charge in [-0.2, -0.15) is 9.49 Å². The van der Waals surface area contributed by atoms with Gasteiger partial charge < -0.3 is 5.32 Å². The van der Waals surface area contributed by atoms with E-state index < -0.39 is 27.9 Å². The average Bonchev–Trinajstić information content (AvgIpc) is 2.59. The minimum Gasteiger partial charge on any atom is -0.324 e. The average molecular weight is 342 g/mol. The van der Waals surface area contributed by atoms with E-state index in [0.717, 1.165) is 16.8 Å². The number of carbonyl (C=O) groups excluding carboxylic acids is 1. The highest BCUT2D eigenvalue weighted by Crippen LogP contribution is 2.21. The number of amides is 1. The Morgan fingerprint density at radius 3 is 2.80 bits per heavy atom. The van der Waals surface area contributed by atoms with Gasteiger partial charge in [0.05, 0.1) is 16.5 Å². The van der Waals surface area contributed by atoms with Crippen LogP contribution in [0.15, 0.2) is 53.5 Å². The van der Waals surface area contributed by atoms with Crippen LogP contribution in [0.2, 0.25) is 0 Å². The Bertz CT molecular complexity index is 1050. The number of nitrogens with zero attached hydrogens (tertiary/aromatic N) is 3. The van der Waals surface area contributed by atoms with Crippen molar-refractivity contribution in [2.75, 3.05) is 5.32 Å². The summed E-state index contributed by atoms with van der Waals surface area (Å²) in [5.74, 6) is -1.62. The van der Waals surface area contributed by atoms with Crippen LogP contribution in [0.3, 0.4) is 0 Å². The first kappa shape index (κ1) is 16.2. The zero-order valence-corrected chi connectivity index (χ0v) is 12.7. The van der Waals surface area contributed by atoms with Crippen molar-refractivity contribution in [1.29, 1.82) is 0 Å². The molecule has 8 nitrogen and oxygen atoms in total. The summed E-state index contributed by atoms with van der Waals surface area (Å²) in [4.78, 5) is 34.2. The molecule has 25 heavy (non-hydrogen) atoms. The standard InChI is InChI=1S/C16H11FN4O4/c17-13-6-5-11(7-14(13)21(24)25)19-15(22)9-20-16(23)12-4-2-1-3-10(12)8-18-20/h1-8H,9H2,(H,19,22). The molecule has 3 rings (SSSR count). The molecule has 0 aliphatic carbocycles. The molecule has 1 heterocycles. The molecule has 0 aliphatic heterocycles. The van der Waals surface area contributed by atoms with E-state index in [1.807, 2.05) is 0 Å². The first-order valence-electron chi connectivity index (χ1n) is 7.14. The quantitative estimate of drug-likeness (QED) is 0.577. The summed E-state index contributed by atoms with van der Waals surface area (Å²) in [5, 5.41) is 18.1. The number of halogens is 1. The fourth-order valence-corrected chi connectivity index (χ4v) is 2.31. The number of anilines is 1. The summed E-state index contributed by atoms with van der Waals surface area (Å²) >= 11 is 0. The Hall–Kier alpha value is -3.62. The number of hydrogen-bond acceptors (Lipinski definition) is 5. The summed E-state index contributed by atoms with van der Waals surface area (Å²) < 4.78 is 14.3. The molecular weight excluding hydrogens is 331 g/mol. The molecule has 0 fully saturated rings. The molecule has 126 valence electrons. The van der Waals surface area contributed by atoms with E-state index in [-0.39, 0.29) is 12.2 Å². The smallest absolute Gasteiger partial charge is 0.306 e.